The van der Waals surface area contributed by atoms with Gasteiger partial charge in [0.05, 0.1) is 18.9 Å². The van der Waals surface area contributed by atoms with Crippen molar-refractivity contribution < 1.29 is 14.3 Å². The van der Waals surface area contributed by atoms with Gasteiger partial charge in [-0.3, -0.25) is 14.9 Å². The summed E-state index contributed by atoms with van der Waals surface area (Å²) in [5.74, 6) is -0.783. The van der Waals surface area contributed by atoms with E-state index in [0.29, 0.717) is 6.42 Å². The largest absolute Gasteiger partial charge is 0.497 e. The first-order chi connectivity index (χ1) is 13.5. The summed E-state index contributed by atoms with van der Waals surface area (Å²) in [6.45, 7) is 0. The fraction of sp³-hybridized carbons (Fsp3) is 0.238. The zero-order valence-electron chi connectivity index (χ0n) is 14.9. The third kappa shape index (κ3) is 2.49. The summed E-state index contributed by atoms with van der Waals surface area (Å²) in [5, 5.41) is 3.51. The van der Waals surface area contributed by atoms with Crippen molar-refractivity contribution in [3.05, 3.63) is 62.2 Å². The number of carbonyl (C=O) groups excluding carboxylic acids is 2. The van der Waals surface area contributed by atoms with Crippen LogP contribution in [-0.2, 0) is 16.0 Å². The zero-order chi connectivity index (χ0) is 19.6. The Labute approximate surface area is 178 Å². The molecule has 2 aliphatic rings. The van der Waals surface area contributed by atoms with Crippen molar-refractivity contribution in [2.45, 2.75) is 18.3 Å². The summed E-state index contributed by atoms with van der Waals surface area (Å²) in [6, 6.07) is 11.7. The van der Waals surface area contributed by atoms with Crippen LogP contribution in [0.2, 0.25) is 0 Å². The van der Waals surface area contributed by atoms with Crippen LogP contribution in [-0.4, -0.2) is 23.9 Å². The molecule has 3 atom stereocenters. The Balaban J connectivity index is 1.76. The molecular formula is C21H16Br2N2O3. The fourth-order valence-corrected chi connectivity index (χ4v) is 6.29. The van der Waals surface area contributed by atoms with Gasteiger partial charge in [0.25, 0.3) is 0 Å². The van der Waals surface area contributed by atoms with Gasteiger partial charge >= 0.3 is 0 Å². The molecule has 2 N–H and O–H groups in total. The van der Waals surface area contributed by atoms with Crippen LogP contribution in [0, 0.1) is 5.92 Å². The third-order valence-electron chi connectivity index (χ3n) is 5.86. The van der Waals surface area contributed by atoms with Crippen LogP contribution >= 0.6 is 31.9 Å². The average Bonchev–Trinajstić information content (AvgIpc) is 3.17. The number of hydrogen-bond donors (Lipinski definition) is 2. The van der Waals surface area contributed by atoms with Crippen LogP contribution in [0.5, 0.6) is 5.75 Å². The molecule has 1 fully saturated rings. The van der Waals surface area contributed by atoms with Crippen LogP contribution < -0.4 is 10.1 Å². The number of benzene rings is 2. The molecule has 0 spiro atoms. The highest BCUT2D eigenvalue weighted by Crippen LogP contribution is 2.52. The zero-order valence-corrected chi connectivity index (χ0v) is 18.1. The molecule has 2 aromatic carbocycles. The summed E-state index contributed by atoms with van der Waals surface area (Å²) in [4.78, 5) is 29.1. The molecule has 7 heteroatoms. The van der Waals surface area contributed by atoms with Crippen LogP contribution in [0.25, 0.3) is 10.9 Å². The Hall–Kier alpha value is -2.12. The van der Waals surface area contributed by atoms with E-state index in [0.717, 1.165) is 42.4 Å². The van der Waals surface area contributed by atoms with Crippen molar-refractivity contribution in [2.24, 2.45) is 5.92 Å². The minimum absolute atomic E-state index is 0.121. The summed E-state index contributed by atoms with van der Waals surface area (Å²) < 4.78 is 7.23. The number of rotatable bonds is 2. The highest BCUT2D eigenvalue weighted by molar-refractivity contribution is 9.11. The quantitative estimate of drug-likeness (QED) is 0.509. The number of ether oxygens (including phenoxy) is 1. The van der Waals surface area contributed by atoms with E-state index >= 15 is 0 Å². The number of halogens is 2. The maximum Gasteiger partial charge on any atom is 0.235 e. The molecule has 2 heterocycles. The van der Waals surface area contributed by atoms with E-state index in [1.165, 1.54) is 0 Å². The van der Waals surface area contributed by atoms with Crippen molar-refractivity contribution in [3.8, 4) is 5.75 Å². The van der Waals surface area contributed by atoms with Gasteiger partial charge in [-0.05, 0) is 47.9 Å². The van der Waals surface area contributed by atoms with Crippen LogP contribution in [0.15, 0.2) is 45.3 Å². The van der Waals surface area contributed by atoms with Gasteiger partial charge in [0, 0.05) is 31.5 Å². The molecule has 0 bridgehead atoms. The number of hydrogen-bond acceptors (Lipinski definition) is 3. The Morgan fingerprint density at radius 1 is 1.04 bits per heavy atom. The van der Waals surface area contributed by atoms with E-state index in [9.17, 15) is 9.59 Å². The molecule has 0 saturated carbocycles. The highest BCUT2D eigenvalue weighted by Gasteiger charge is 2.52. The summed E-state index contributed by atoms with van der Waals surface area (Å²) in [6.07, 6.45) is 0.648. The number of H-pyrrole nitrogens is 1. The molecule has 142 valence electrons. The predicted molar refractivity (Wildman–Crippen MR) is 113 cm³/mol. The smallest absolute Gasteiger partial charge is 0.235 e. The van der Waals surface area contributed by atoms with E-state index in [-0.39, 0.29) is 17.7 Å². The minimum atomic E-state index is -0.513. The first kappa shape index (κ1) is 17.9. The lowest BCUT2D eigenvalue weighted by Gasteiger charge is -2.32. The number of methoxy groups -OCH3 is 1. The van der Waals surface area contributed by atoms with Crippen molar-refractivity contribution in [2.75, 3.05) is 7.11 Å². The number of aromatic amines is 1. The fourth-order valence-electron chi connectivity index (χ4n) is 4.71. The molecule has 3 aromatic rings. The lowest BCUT2D eigenvalue weighted by Crippen LogP contribution is -2.31. The van der Waals surface area contributed by atoms with Gasteiger partial charge in [0.15, 0.2) is 0 Å². The second-order valence-corrected chi connectivity index (χ2v) is 8.94. The van der Waals surface area contributed by atoms with Crippen molar-refractivity contribution >= 4 is 54.6 Å². The topological polar surface area (TPSA) is 71.2 Å². The van der Waals surface area contributed by atoms with Gasteiger partial charge in [-0.25, -0.2) is 0 Å². The lowest BCUT2D eigenvalue weighted by atomic mass is 9.69. The molecule has 5 rings (SSSR count). The molecule has 0 radical (unpaired) electrons. The van der Waals surface area contributed by atoms with Gasteiger partial charge in [0.1, 0.15) is 5.75 Å². The number of imide groups is 1. The standard InChI is InChI=1S/C21H16Br2N2O3/c1-28-9-5-6-14-10(7-9)17-15(24-14)8-11(16-12(22)3-2-4-13(16)23)18-19(17)21(27)25-20(18)26/h2-7,11,18-19,24H,8H2,1H3,(H,25,26,27). The second kappa shape index (κ2) is 6.46. The monoisotopic (exact) mass is 502 g/mol. The molecule has 2 amide bonds. The summed E-state index contributed by atoms with van der Waals surface area (Å²) in [7, 11) is 1.62. The molecule has 1 saturated heterocycles. The highest BCUT2D eigenvalue weighted by atomic mass is 79.9. The van der Waals surface area contributed by atoms with Crippen molar-refractivity contribution in [1.29, 1.82) is 0 Å². The van der Waals surface area contributed by atoms with Crippen molar-refractivity contribution in [1.82, 2.24) is 10.3 Å². The average molecular weight is 504 g/mol. The third-order valence-corrected chi connectivity index (χ3v) is 7.24. The van der Waals surface area contributed by atoms with Gasteiger partial charge in [-0.1, -0.05) is 37.9 Å². The molecule has 1 aromatic heterocycles. The van der Waals surface area contributed by atoms with E-state index in [2.05, 4.69) is 42.2 Å². The van der Waals surface area contributed by atoms with E-state index < -0.39 is 11.8 Å². The van der Waals surface area contributed by atoms with Gasteiger partial charge in [-0.15, -0.1) is 0 Å². The Morgan fingerprint density at radius 3 is 2.50 bits per heavy atom. The van der Waals surface area contributed by atoms with E-state index in [4.69, 9.17) is 4.74 Å². The number of amides is 2. The molecule has 1 aliphatic carbocycles. The molecule has 1 aliphatic heterocycles. The van der Waals surface area contributed by atoms with Crippen molar-refractivity contribution in [3.63, 3.8) is 0 Å². The molecular weight excluding hydrogens is 488 g/mol. The Kier molecular flexibility index (Phi) is 4.14. The molecule has 5 nitrogen and oxygen atoms in total. The minimum Gasteiger partial charge on any atom is -0.497 e. The first-order valence-corrected chi connectivity index (χ1v) is 10.5. The maximum atomic E-state index is 12.8. The molecule has 3 unspecified atom stereocenters. The number of aromatic nitrogens is 1. The number of fused-ring (bicyclic) bond motifs is 5. The Bertz CT molecular complexity index is 1130. The summed E-state index contributed by atoms with van der Waals surface area (Å²) in [5.41, 5.74) is 3.89. The summed E-state index contributed by atoms with van der Waals surface area (Å²) >= 11 is 7.27. The SMILES string of the molecule is COc1ccc2[nH]c3c(c2c1)C1C(=O)NC(=O)C1C(c1c(Br)cccc1Br)C3. The molecule has 28 heavy (non-hydrogen) atoms. The van der Waals surface area contributed by atoms with Crippen LogP contribution in [0.4, 0.5) is 0 Å². The predicted octanol–water partition coefficient (Wildman–Crippen LogP) is 4.40. The van der Waals surface area contributed by atoms with Crippen LogP contribution in [0.1, 0.15) is 28.7 Å². The van der Waals surface area contributed by atoms with Gasteiger partial charge in [0.2, 0.25) is 11.8 Å². The number of nitrogens with one attached hydrogen (secondary N) is 2. The normalized spacial score (nSPS) is 23.5. The van der Waals surface area contributed by atoms with Gasteiger partial charge in [-0.2, -0.15) is 0 Å². The van der Waals surface area contributed by atoms with E-state index in [1.54, 1.807) is 7.11 Å². The maximum absolute atomic E-state index is 12.8. The van der Waals surface area contributed by atoms with Gasteiger partial charge < -0.3 is 9.72 Å². The lowest BCUT2D eigenvalue weighted by molar-refractivity contribution is -0.126. The van der Waals surface area contributed by atoms with E-state index in [1.807, 2.05) is 36.4 Å². The number of carbonyl (C=O) groups is 2. The Morgan fingerprint density at radius 2 is 1.79 bits per heavy atom. The van der Waals surface area contributed by atoms with Crippen LogP contribution in [0.3, 0.4) is 0 Å². The second-order valence-electron chi connectivity index (χ2n) is 7.23. The first-order valence-electron chi connectivity index (χ1n) is 8.96.